The van der Waals surface area contributed by atoms with E-state index in [0.29, 0.717) is 36.3 Å². The maximum absolute atomic E-state index is 13.1. The van der Waals surface area contributed by atoms with Crippen molar-refractivity contribution in [3.05, 3.63) is 76.8 Å². The molecule has 0 fully saturated rings. The fourth-order valence-electron chi connectivity index (χ4n) is 4.30. The number of hydrogen-bond donors (Lipinski definition) is 2. The van der Waals surface area contributed by atoms with Crippen LogP contribution in [0.3, 0.4) is 0 Å². The van der Waals surface area contributed by atoms with Crippen LogP contribution in [0.4, 0.5) is 5.69 Å². The Kier molecular flexibility index (Phi) is 5.50. The summed E-state index contributed by atoms with van der Waals surface area (Å²) in [6.45, 7) is 0. The van der Waals surface area contributed by atoms with E-state index in [1.807, 2.05) is 12.1 Å². The molecule has 2 aromatic rings. The maximum Gasteiger partial charge on any atom is 0.238 e. The summed E-state index contributed by atoms with van der Waals surface area (Å²) in [5, 5.41) is 15.2. The number of nitriles is 1. The van der Waals surface area contributed by atoms with E-state index in [4.69, 9.17) is 15.6 Å². The Labute approximate surface area is 186 Å². The smallest absolute Gasteiger partial charge is 0.238 e. The number of ketones is 1. The number of methoxy groups -OCH3 is 1. The van der Waals surface area contributed by atoms with Gasteiger partial charge in [-0.15, -0.1) is 0 Å². The number of carbonyl (C=O) groups is 1. The number of rotatable bonds is 4. The summed E-state index contributed by atoms with van der Waals surface area (Å²) in [6.07, 6.45) is 1.65. The maximum atomic E-state index is 13.1. The zero-order valence-corrected chi connectivity index (χ0v) is 18.2. The van der Waals surface area contributed by atoms with Gasteiger partial charge in [0.25, 0.3) is 0 Å². The second-order valence-corrected chi connectivity index (χ2v) is 9.19. The number of nitrogens with two attached hydrogens (primary N) is 2. The number of ether oxygens (including phenoxy) is 1. The van der Waals surface area contributed by atoms with Crippen molar-refractivity contribution in [3.8, 4) is 11.8 Å². The highest BCUT2D eigenvalue weighted by Crippen LogP contribution is 2.46. The van der Waals surface area contributed by atoms with Crippen LogP contribution >= 0.6 is 0 Å². The van der Waals surface area contributed by atoms with E-state index < -0.39 is 15.9 Å². The largest absolute Gasteiger partial charge is 0.497 e. The molecule has 32 heavy (non-hydrogen) atoms. The molecule has 1 unspecified atom stereocenters. The number of primary sulfonamides is 1. The fourth-order valence-corrected chi connectivity index (χ4v) is 4.81. The third-order valence-corrected chi connectivity index (χ3v) is 6.72. The van der Waals surface area contributed by atoms with Gasteiger partial charge in [-0.05, 0) is 54.8 Å². The van der Waals surface area contributed by atoms with Crippen LogP contribution in [-0.4, -0.2) is 21.3 Å². The lowest BCUT2D eigenvalue weighted by Gasteiger charge is -2.39. The number of sulfonamides is 1. The molecule has 1 atom stereocenters. The van der Waals surface area contributed by atoms with Crippen LogP contribution in [0.2, 0.25) is 0 Å². The van der Waals surface area contributed by atoms with Crippen LogP contribution in [0.1, 0.15) is 30.7 Å². The first kappa shape index (κ1) is 21.6. The topological polar surface area (TPSA) is 140 Å². The van der Waals surface area contributed by atoms with E-state index in [1.54, 1.807) is 36.3 Å². The lowest BCUT2D eigenvalue weighted by molar-refractivity contribution is -0.116. The summed E-state index contributed by atoms with van der Waals surface area (Å²) >= 11 is 0. The minimum atomic E-state index is -3.85. The molecule has 2 aliphatic rings. The highest BCUT2D eigenvalue weighted by atomic mass is 32.2. The average Bonchev–Trinajstić information content (AvgIpc) is 2.78. The Bertz CT molecular complexity index is 1290. The molecular weight excluding hydrogens is 428 g/mol. The Balaban J connectivity index is 1.90. The van der Waals surface area contributed by atoms with Crippen molar-refractivity contribution in [3.63, 3.8) is 0 Å². The van der Waals surface area contributed by atoms with Crippen LogP contribution in [0.25, 0.3) is 0 Å². The summed E-state index contributed by atoms with van der Waals surface area (Å²) in [5.41, 5.74) is 9.36. The molecule has 8 nitrogen and oxygen atoms in total. The molecule has 0 bridgehead atoms. The number of Topliss-reactive ketones (excluding diaryl/α,β-unsaturated/α-hetero) is 1. The normalized spacial score (nSPS) is 19.0. The van der Waals surface area contributed by atoms with Crippen molar-refractivity contribution in [1.29, 1.82) is 5.26 Å². The monoisotopic (exact) mass is 450 g/mol. The molecule has 0 saturated heterocycles. The molecule has 4 rings (SSSR count). The summed E-state index contributed by atoms with van der Waals surface area (Å²) in [4.78, 5) is 14.7. The van der Waals surface area contributed by atoms with E-state index in [9.17, 15) is 18.5 Å². The van der Waals surface area contributed by atoms with Crippen LogP contribution in [0.5, 0.6) is 5.75 Å². The summed E-state index contributed by atoms with van der Waals surface area (Å²) in [7, 11) is -2.28. The lowest BCUT2D eigenvalue weighted by Crippen LogP contribution is -2.38. The molecule has 164 valence electrons. The molecule has 1 aliphatic heterocycles. The van der Waals surface area contributed by atoms with Crippen LogP contribution in [0.15, 0.2) is 76.1 Å². The second-order valence-electron chi connectivity index (χ2n) is 7.63. The zero-order valence-electron chi connectivity index (χ0n) is 17.4. The van der Waals surface area contributed by atoms with Crippen LogP contribution < -0.4 is 20.5 Å². The Morgan fingerprint density at radius 1 is 1.09 bits per heavy atom. The van der Waals surface area contributed by atoms with Gasteiger partial charge in [0.05, 0.1) is 29.6 Å². The van der Waals surface area contributed by atoms with E-state index in [0.717, 1.165) is 11.3 Å². The van der Waals surface area contributed by atoms with E-state index >= 15 is 0 Å². The summed E-state index contributed by atoms with van der Waals surface area (Å²) < 4.78 is 28.5. The lowest BCUT2D eigenvalue weighted by atomic mass is 9.75. The molecule has 0 spiro atoms. The first-order valence-corrected chi connectivity index (χ1v) is 11.5. The molecule has 4 N–H and O–H groups in total. The van der Waals surface area contributed by atoms with Gasteiger partial charge in [0.2, 0.25) is 10.0 Å². The Morgan fingerprint density at radius 3 is 2.31 bits per heavy atom. The van der Waals surface area contributed by atoms with Crippen molar-refractivity contribution in [2.45, 2.75) is 30.1 Å². The van der Waals surface area contributed by atoms with E-state index in [1.165, 1.54) is 12.1 Å². The minimum absolute atomic E-state index is 0.0292. The number of benzene rings is 2. The van der Waals surface area contributed by atoms with Crippen molar-refractivity contribution >= 4 is 21.5 Å². The van der Waals surface area contributed by atoms with Gasteiger partial charge in [-0.3, -0.25) is 9.69 Å². The van der Waals surface area contributed by atoms with Gasteiger partial charge in [0, 0.05) is 23.4 Å². The number of carbonyl (C=O) groups excluding carboxylic acids is 1. The number of nitrogens with zero attached hydrogens (tertiary/aromatic N) is 2. The number of hydrogen-bond acceptors (Lipinski definition) is 7. The number of anilines is 1. The predicted octanol–water partition coefficient (Wildman–Crippen LogP) is 2.65. The fraction of sp³-hybridized carbons (Fsp3) is 0.217. The average molecular weight is 451 g/mol. The highest BCUT2D eigenvalue weighted by Gasteiger charge is 2.40. The summed E-state index contributed by atoms with van der Waals surface area (Å²) in [6, 6.07) is 15.3. The predicted molar refractivity (Wildman–Crippen MR) is 119 cm³/mol. The Morgan fingerprint density at radius 2 is 1.75 bits per heavy atom. The molecule has 0 aromatic heterocycles. The quantitative estimate of drug-likeness (QED) is 0.730. The SMILES string of the molecule is COc1ccc(C2C(C#N)=C(N)N(c3ccc(S(N)(=O)=O)cc3)C3=C2C(=O)CCC3)cc1. The second kappa shape index (κ2) is 8.15. The van der Waals surface area contributed by atoms with Crippen molar-refractivity contribution in [1.82, 2.24) is 0 Å². The van der Waals surface area contributed by atoms with Crippen molar-refractivity contribution in [2.24, 2.45) is 10.9 Å². The van der Waals surface area contributed by atoms with Crippen LogP contribution in [-0.2, 0) is 14.8 Å². The molecule has 1 aliphatic carbocycles. The minimum Gasteiger partial charge on any atom is -0.497 e. The van der Waals surface area contributed by atoms with Crippen molar-refractivity contribution < 1.29 is 17.9 Å². The van der Waals surface area contributed by atoms with Gasteiger partial charge in [0.1, 0.15) is 11.6 Å². The molecule has 0 saturated carbocycles. The van der Waals surface area contributed by atoms with Gasteiger partial charge >= 0.3 is 0 Å². The van der Waals surface area contributed by atoms with E-state index in [2.05, 4.69) is 6.07 Å². The first-order valence-electron chi connectivity index (χ1n) is 9.99. The van der Waals surface area contributed by atoms with Gasteiger partial charge < -0.3 is 10.5 Å². The molecule has 0 amide bonds. The summed E-state index contributed by atoms with van der Waals surface area (Å²) in [5.74, 6) is 0.276. The molecule has 2 aromatic carbocycles. The third-order valence-electron chi connectivity index (χ3n) is 5.79. The van der Waals surface area contributed by atoms with Gasteiger partial charge in [-0.25, -0.2) is 13.6 Å². The molecular formula is C23H22N4O4S. The van der Waals surface area contributed by atoms with Gasteiger partial charge in [0.15, 0.2) is 5.78 Å². The number of allylic oxidation sites excluding steroid dienone is 3. The molecule has 0 radical (unpaired) electrons. The highest BCUT2D eigenvalue weighted by molar-refractivity contribution is 7.89. The van der Waals surface area contributed by atoms with Gasteiger partial charge in [-0.2, -0.15) is 5.26 Å². The van der Waals surface area contributed by atoms with E-state index in [-0.39, 0.29) is 22.1 Å². The molecule has 1 heterocycles. The molecule has 9 heteroatoms. The Hall–Kier alpha value is -3.61. The van der Waals surface area contributed by atoms with Crippen LogP contribution in [0, 0.1) is 11.3 Å². The van der Waals surface area contributed by atoms with Gasteiger partial charge in [-0.1, -0.05) is 12.1 Å². The third kappa shape index (κ3) is 3.64. The zero-order chi connectivity index (χ0) is 23.0. The first-order chi connectivity index (χ1) is 15.3. The van der Waals surface area contributed by atoms with Crippen molar-refractivity contribution in [2.75, 3.05) is 12.0 Å². The standard InChI is InChI=1S/C23H22N4O4S/c1-31-16-9-5-14(6-10-16)21-18(13-24)23(25)27(19-3-2-4-20(28)22(19)21)15-7-11-17(12-8-15)32(26,29)30/h5-12,21H,2-4,25H2,1H3,(H2,26,29,30).